The molecule has 28 heavy (non-hydrogen) atoms. The minimum Gasteiger partial charge on any atom is -0.493 e. The molecule has 1 fully saturated rings. The number of benzene rings is 1. The summed E-state index contributed by atoms with van der Waals surface area (Å²) >= 11 is 0. The molecule has 0 aromatic heterocycles. The number of amides is 2. The third-order valence-corrected chi connectivity index (χ3v) is 4.70. The van der Waals surface area contributed by atoms with Crippen molar-refractivity contribution in [3.05, 3.63) is 23.8 Å². The van der Waals surface area contributed by atoms with Gasteiger partial charge in [-0.2, -0.15) is 0 Å². The number of methoxy groups -OCH3 is 2. The average Bonchev–Trinajstić information content (AvgIpc) is 3.07. The molecule has 1 heterocycles. The first-order valence-electron chi connectivity index (χ1n) is 9.35. The molecule has 154 valence electrons. The molecule has 1 aromatic rings. The Labute approximate surface area is 165 Å². The monoisotopic (exact) mass is 392 g/mol. The maximum Gasteiger partial charge on any atom is 0.328 e. The maximum absolute atomic E-state index is 12.4. The van der Waals surface area contributed by atoms with E-state index in [1.54, 1.807) is 33.0 Å². The van der Waals surface area contributed by atoms with E-state index in [4.69, 9.17) is 14.2 Å². The average molecular weight is 392 g/mol. The fraction of sp³-hybridized carbons (Fsp3) is 0.550. The molecule has 2 amide bonds. The minimum atomic E-state index is -0.733. The van der Waals surface area contributed by atoms with Gasteiger partial charge in [0.25, 0.3) is 0 Å². The molecule has 1 aliphatic rings. The third kappa shape index (κ3) is 5.37. The Hall–Kier alpha value is -2.77. The summed E-state index contributed by atoms with van der Waals surface area (Å²) in [5.41, 5.74) is 1.01. The largest absolute Gasteiger partial charge is 0.493 e. The smallest absolute Gasteiger partial charge is 0.328 e. The zero-order valence-electron chi connectivity index (χ0n) is 16.8. The van der Waals surface area contributed by atoms with Crippen molar-refractivity contribution in [3.63, 3.8) is 0 Å². The number of carbonyl (C=O) groups is 3. The quantitative estimate of drug-likeness (QED) is 0.634. The summed E-state index contributed by atoms with van der Waals surface area (Å²) < 4.78 is 15.4. The summed E-state index contributed by atoms with van der Waals surface area (Å²) in [5, 5.41) is 2.63. The summed E-state index contributed by atoms with van der Waals surface area (Å²) in [6.07, 6.45) is 0.785. The summed E-state index contributed by atoms with van der Waals surface area (Å²) in [4.78, 5) is 37.9. The van der Waals surface area contributed by atoms with E-state index < -0.39 is 17.9 Å². The fourth-order valence-electron chi connectivity index (χ4n) is 3.12. The number of rotatable bonds is 9. The Morgan fingerprint density at radius 3 is 2.61 bits per heavy atom. The van der Waals surface area contributed by atoms with E-state index in [0.29, 0.717) is 31.0 Å². The second kappa shape index (κ2) is 9.96. The van der Waals surface area contributed by atoms with Crippen LogP contribution in [0.5, 0.6) is 11.5 Å². The number of likely N-dealkylation sites (tertiary alicyclic amines) is 1. The molecule has 2 unspecified atom stereocenters. The first kappa shape index (κ1) is 21.5. The highest BCUT2D eigenvalue weighted by Gasteiger charge is 2.35. The molecule has 1 N–H and O–H groups in total. The Morgan fingerprint density at radius 1 is 1.25 bits per heavy atom. The highest BCUT2D eigenvalue weighted by atomic mass is 16.5. The number of carbonyl (C=O) groups excluding carboxylic acids is 3. The van der Waals surface area contributed by atoms with Gasteiger partial charge in [0, 0.05) is 19.5 Å². The summed E-state index contributed by atoms with van der Waals surface area (Å²) in [6.45, 7) is 4.38. The van der Waals surface area contributed by atoms with Gasteiger partial charge in [-0.3, -0.25) is 9.59 Å². The van der Waals surface area contributed by atoms with Crippen molar-refractivity contribution in [1.82, 2.24) is 10.2 Å². The molecule has 0 saturated carbocycles. The molecule has 1 aromatic carbocycles. The molecule has 0 aliphatic carbocycles. The van der Waals surface area contributed by atoms with Crippen molar-refractivity contribution >= 4 is 17.8 Å². The predicted molar refractivity (Wildman–Crippen MR) is 102 cm³/mol. The van der Waals surface area contributed by atoms with E-state index >= 15 is 0 Å². The van der Waals surface area contributed by atoms with Gasteiger partial charge in [0.15, 0.2) is 11.5 Å². The lowest BCUT2D eigenvalue weighted by Crippen LogP contribution is -2.43. The van der Waals surface area contributed by atoms with Crippen molar-refractivity contribution in [2.75, 3.05) is 33.9 Å². The highest BCUT2D eigenvalue weighted by molar-refractivity contribution is 5.91. The second-order valence-corrected chi connectivity index (χ2v) is 6.66. The zero-order chi connectivity index (χ0) is 20.7. The summed E-state index contributed by atoms with van der Waals surface area (Å²) in [6, 6.07) is 4.90. The standard InChI is InChI=1S/C20H28N2O6/c1-5-28-20(25)13(2)21-19(24)15-11-18(23)22(12-15)9-8-14-6-7-16(26-3)17(10-14)27-4/h6-7,10,13,15H,5,8-9,11-12H2,1-4H3,(H,21,24). The Bertz CT molecular complexity index is 721. The number of hydrogen-bond acceptors (Lipinski definition) is 6. The Morgan fingerprint density at radius 2 is 1.96 bits per heavy atom. The van der Waals surface area contributed by atoms with Gasteiger partial charge in [0.05, 0.1) is 26.7 Å². The minimum absolute atomic E-state index is 0.0654. The zero-order valence-corrected chi connectivity index (χ0v) is 16.8. The van der Waals surface area contributed by atoms with E-state index in [9.17, 15) is 14.4 Å². The molecule has 8 heteroatoms. The van der Waals surface area contributed by atoms with Gasteiger partial charge >= 0.3 is 5.97 Å². The Balaban J connectivity index is 1.89. The van der Waals surface area contributed by atoms with Crippen LogP contribution in [0.25, 0.3) is 0 Å². The SMILES string of the molecule is CCOC(=O)C(C)NC(=O)C1CC(=O)N(CCc2ccc(OC)c(OC)c2)C1. The predicted octanol–water partition coefficient (Wildman–Crippen LogP) is 1.16. The normalized spacial score (nSPS) is 17.2. The Kier molecular flexibility index (Phi) is 7.66. The lowest BCUT2D eigenvalue weighted by Gasteiger charge is -2.18. The van der Waals surface area contributed by atoms with E-state index in [1.165, 1.54) is 0 Å². The first-order chi connectivity index (χ1) is 13.4. The summed E-state index contributed by atoms with van der Waals surface area (Å²) in [5.74, 6) is -0.0268. The lowest BCUT2D eigenvalue weighted by atomic mass is 10.1. The van der Waals surface area contributed by atoms with Gasteiger partial charge < -0.3 is 24.4 Å². The van der Waals surface area contributed by atoms with Gasteiger partial charge in [-0.1, -0.05) is 6.07 Å². The number of hydrogen-bond donors (Lipinski definition) is 1. The lowest BCUT2D eigenvalue weighted by molar-refractivity contribution is -0.147. The first-order valence-corrected chi connectivity index (χ1v) is 9.35. The summed E-state index contributed by atoms with van der Waals surface area (Å²) in [7, 11) is 3.15. The third-order valence-electron chi connectivity index (χ3n) is 4.70. The van der Waals surface area contributed by atoms with Crippen LogP contribution in [0.4, 0.5) is 0 Å². The van der Waals surface area contributed by atoms with E-state index in [1.807, 2.05) is 18.2 Å². The van der Waals surface area contributed by atoms with Crippen LogP contribution < -0.4 is 14.8 Å². The molecular formula is C20H28N2O6. The van der Waals surface area contributed by atoms with Crippen LogP contribution >= 0.6 is 0 Å². The maximum atomic E-state index is 12.4. The molecule has 2 atom stereocenters. The molecule has 0 bridgehead atoms. The topological polar surface area (TPSA) is 94.2 Å². The number of nitrogens with one attached hydrogen (secondary N) is 1. The van der Waals surface area contributed by atoms with Gasteiger partial charge in [-0.25, -0.2) is 4.79 Å². The molecule has 0 spiro atoms. The fourth-order valence-corrected chi connectivity index (χ4v) is 3.12. The molecular weight excluding hydrogens is 364 g/mol. The van der Waals surface area contributed by atoms with Crippen molar-refractivity contribution in [2.24, 2.45) is 5.92 Å². The number of esters is 1. The van der Waals surface area contributed by atoms with Gasteiger partial charge in [-0.05, 0) is 38.0 Å². The number of nitrogens with zero attached hydrogens (tertiary/aromatic N) is 1. The van der Waals surface area contributed by atoms with Crippen LogP contribution in [0.15, 0.2) is 18.2 Å². The van der Waals surface area contributed by atoms with Crippen LogP contribution in [0.1, 0.15) is 25.8 Å². The van der Waals surface area contributed by atoms with Crippen molar-refractivity contribution < 1.29 is 28.6 Å². The second-order valence-electron chi connectivity index (χ2n) is 6.66. The molecule has 0 radical (unpaired) electrons. The van der Waals surface area contributed by atoms with Crippen molar-refractivity contribution in [3.8, 4) is 11.5 Å². The van der Waals surface area contributed by atoms with E-state index in [2.05, 4.69) is 5.32 Å². The van der Waals surface area contributed by atoms with Gasteiger partial charge in [0.2, 0.25) is 11.8 Å². The van der Waals surface area contributed by atoms with Crippen molar-refractivity contribution in [2.45, 2.75) is 32.7 Å². The molecule has 2 rings (SSSR count). The van der Waals surface area contributed by atoms with Crippen LogP contribution in [-0.2, 0) is 25.5 Å². The van der Waals surface area contributed by atoms with E-state index in [0.717, 1.165) is 5.56 Å². The van der Waals surface area contributed by atoms with Crippen LogP contribution in [0, 0.1) is 5.92 Å². The molecule has 1 aliphatic heterocycles. The van der Waals surface area contributed by atoms with Crippen LogP contribution in [0.2, 0.25) is 0 Å². The van der Waals surface area contributed by atoms with Crippen LogP contribution in [-0.4, -0.2) is 62.6 Å². The number of ether oxygens (including phenoxy) is 3. The van der Waals surface area contributed by atoms with Gasteiger partial charge in [0.1, 0.15) is 6.04 Å². The van der Waals surface area contributed by atoms with Gasteiger partial charge in [-0.15, -0.1) is 0 Å². The van der Waals surface area contributed by atoms with E-state index in [-0.39, 0.29) is 24.8 Å². The molecule has 1 saturated heterocycles. The molecule has 8 nitrogen and oxygen atoms in total. The van der Waals surface area contributed by atoms with Crippen molar-refractivity contribution in [1.29, 1.82) is 0 Å². The highest BCUT2D eigenvalue weighted by Crippen LogP contribution is 2.28. The van der Waals surface area contributed by atoms with Crippen LogP contribution in [0.3, 0.4) is 0 Å².